The largest absolute Gasteiger partial charge is 0.497 e. The van der Waals surface area contributed by atoms with Crippen molar-refractivity contribution < 1.29 is 9.47 Å². The number of ether oxygens (including phenoxy) is 2. The van der Waals surface area contributed by atoms with Gasteiger partial charge >= 0.3 is 0 Å². The van der Waals surface area contributed by atoms with Crippen LogP contribution in [0.5, 0.6) is 5.75 Å². The zero-order valence-electron chi connectivity index (χ0n) is 11.8. The van der Waals surface area contributed by atoms with Gasteiger partial charge in [0.1, 0.15) is 5.75 Å². The zero-order chi connectivity index (χ0) is 13.8. The first-order valence-electron chi connectivity index (χ1n) is 7.12. The molecule has 2 aromatic rings. The summed E-state index contributed by atoms with van der Waals surface area (Å²) >= 11 is 0. The highest BCUT2D eigenvalue weighted by Crippen LogP contribution is 2.47. The highest BCUT2D eigenvalue weighted by molar-refractivity contribution is 5.32. The molecule has 0 unspecified atom stereocenters. The molecule has 2 heteroatoms. The van der Waals surface area contributed by atoms with E-state index in [4.69, 9.17) is 9.47 Å². The number of methoxy groups -OCH3 is 1. The summed E-state index contributed by atoms with van der Waals surface area (Å²) in [6.07, 6.45) is 1.24. The molecule has 3 rings (SSSR count). The molecule has 0 heterocycles. The van der Waals surface area contributed by atoms with Gasteiger partial charge in [0.15, 0.2) is 0 Å². The lowest BCUT2D eigenvalue weighted by Crippen LogP contribution is -1.98. The molecule has 104 valence electrons. The van der Waals surface area contributed by atoms with Crippen LogP contribution in [0.3, 0.4) is 0 Å². The minimum atomic E-state index is 0.664. The van der Waals surface area contributed by atoms with E-state index in [2.05, 4.69) is 36.4 Å². The molecule has 0 aromatic heterocycles. The van der Waals surface area contributed by atoms with E-state index in [1.807, 2.05) is 18.2 Å². The molecule has 1 aliphatic carbocycles. The van der Waals surface area contributed by atoms with Gasteiger partial charge in [-0.2, -0.15) is 0 Å². The predicted molar refractivity (Wildman–Crippen MR) is 79.9 cm³/mol. The monoisotopic (exact) mass is 268 g/mol. The molecule has 1 saturated carbocycles. The van der Waals surface area contributed by atoms with Crippen molar-refractivity contribution in [3.8, 4) is 5.75 Å². The van der Waals surface area contributed by atoms with E-state index in [0.29, 0.717) is 18.4 Å². The minimum absolute atomic E-state index is 0.664. The maximum atomic E-state index is 5.82. The molecule has 2 aromatic carbocycles. The Bertz CT molecular complexity index is 533. The van der Waals surface area contributed by atoms with Crippen molar-refractivity contribution in [1.82, 2.24) is 0 Å². The molecule has 20 heavy (non-hydrogen) atoms. The van der Waals surface area contributed by atoms with Crippen LogP contribution in [0.15, 0.2) is 54.6 Å². The van der Waals surface area contributed by atoms with Crippen LogP contribution in [0, 0.1) is 5.92 Å². The summed E-state index contributed by atoms with van der Waals surface area (Å²) in [5.74, 6) is 2.26. The molecule has 2 nitrogen and oxygen atoms in total. The van der Waals surface area contributed by atoms with Gasteiger partial charge in [0.2, 0.25) is 0 Å². The normalized spacial score (nSPS) is 20.6. The van der Waals surface area contributed by atoms with E-state index >= 15 is 0 Å². The Labute approximate surface area is 120 Å². The van der Waals surface area contributed by atoms with Crippen LogP contribution >= 0.6 is 0 Å². The van der Waals surface area contributed by atoms with Crippen molar-refractivity contribution >= 4 is 0 Å². The molecular weight excluding hydrogens is 248 g/mol. The molecule has 0 saturated heterocycles. The fourth-order valence-electron chi connectivity index (χ4n) is 2.59. The molecule has 0 amide bonds. The Hall–Kier alpha value is -1.80. The first-order valence-corrected chi connectivity index (χ1v) is 7.12. The predicted octanol–water partition coefficient (Wildman–Crippen LogP) is 4.02. The number of rotatable bonds is 6. The quantitative estimate of drug-likeness (QED) is 0.788. The van der Waals surface area contributed by atoms with E-state index in [0.717, 1.165) is 12.4 Å². The summed E-state index contributed by atoms with van der Waals surface area (Å²) < 4.78 is 11.0. The SMILES string of the molecule is COc1ccc([C@H]2C[C@@H]2COCc2ccccc2)cc1. The standard InChI is InChI=1S/C18H20O2/c1-19-17-9-7-15(8-10-17)18-11-16(18)13-20-12-14-5-3-2-4-6-14/h2-10,16,18H,11-13H2,1H3/t16-,18-/m1/s1. The van der Waals surface area contributed by atoms with E-state index in [1.165, 1.54) is 17.5 Å². The van der Waals surface area contributed by atoms with Crippen LogP contribution in [0.25, 0.3) is 0 Å². The lowest BCUT2D eigenvalue weighted by molar-refractivity contribution is 0.110. The van der Waals surface area contributed by atoms with Crippen LogP contribution < -0.4 is 4.74 Å². The third kappa shape index (κ3) is 3.20. The number of hydrogen-bond donors (Lipinski definition) is 0. The number of hydrogen-bond acceptors (Lipinski definition) is 2. The van der Waals surface area contributed by atoms with E-state index < -0.39 is 0 Å². The van der Waals surface area contributed by atoms with Gasteiger partial charge in [-0.15, -0.1) is 0 Å². The Kier molecular flexibility index (Phi) is 4.03. The molecule has 0 aliphatic heterocycles. The topological polar surface area (TPSA) is 18.5 Å². The van der Waals surface area contributed by atoms with Crippen LogP contribution in [0.1, 0.15) is 23.5 Å². The van der Waals surface area contributed by atoms with Gasteiger partial charge in [-0.05, 0) is 41.5 Å². The van der Waals surface area contributed by atoms with Crippen LogP contribution in [-0.2, 0) is 11.3 Å². The van der Waals surface area contributed by atoms with Crippen LogP contribution in [0.2, 0.25) is 0 Å². The Morgan fingerprint density at radius 3 is 2.45 bits per heavy atom. The van der Waals surface area contributed by atoms with Gasteiger partial charge in [-0.3, -0.25) is 0 Å². The summed E-state index contributed by atoms with van der Waals surface area (Å²) in [5.41, 5.74) is 2.65. The summed E-state index contributed by atoms with van der Waals surface area (Å²) in [6, 6.07) is 18.8. The molecule has 0 spiro atoms. The second-order valence-electron chi connectivity index (χ2n) is 5.38. The molecule has 1 aliphatic rings. The van der Waals surface area contributed by atoms with Gasteiger partial charge in [0.25, 0.3) is 0 Å². The van der Waals surface area contributed by atoms with Crippen LogP contribution in [0.4, 0.5) is 0 Å². The fraction of sp³-hybridized carbons (Fsp3) is 0.333. The molecular formula is C18H20O2. The van der Waals surface area contributed by atoms with E-state index in [1.54, 1.807) is 7.11 Å². The van der Waals surface area contributed by atoms with Crippen molar-refractivity contribution in [2.75, 3.05) is 13.7 Å². The summed E-state index contributed by atoms with van der Waals surface area (Å²) in [6.45, 7) is 1.57. The minimum Gasteiger partial charge on any atom is -0.497 e. The molecule has 0 N–H and O–H groups in total. The molecule has 2 atom stereocenters. The first kappa shape index (κ1) is 13.2. The molecule has 0 radical (unpaired) electrons. The lowest BCUT2D eigenvalue weighted by atomic mass is 10.1. The van der Waals surface area contributed by atoms with Gasteiger partial charge in [0, 0.05) is 0 Å². The summed E-state index contributed by atoms with van der Waals surface area (Å²) in [4.78, 5) is 0. The first-order chi connectivity index (χ1) is 9.86. The average molecular weight is 268 g/mol. The van der Waals surface area contributed by atoms with E-state index in [-0.39, 0.29) is 0 Å². The summed E-state index contributed by atoms with van der Waals surface area (Å²) in [7, 11) is 1.70. The van der Waals surface area contributed by atoms with Crippen molar-refractivity contribution in [2.45, 2.75) is 18.9 Å². The van der Waals surface area contributed by atoms with E-state index in [9.17, 15) is 0 Å². The maximum Gasteiger partial charge on any atom is 0.118 e. The number of benzene rings is 2. The third-order valence-corrected chi connectivity index (χ3v) is 3.91. The maximum absolute atomic E-state index is 5.82. The van der Waals surface area contributed by atoms with Gasteiger partial charge in [-0.1, -0.05) is 42.5 Å². The molecule has 0 bridgehead atoms. The smallest absolute Gasteiger partial charge is 0.118 e. The Morgan fingerprint density at radius 1 is 1.00 bits per heavy atom. The summed E-state index contributed by atoms with van der Waals surface area (Å²) in [5, 5.41) is 0. The lowest BCUT2D eigenvalue weighted by Gasteiger charge is -2.05. The fourth-order valence-corrected chi connectivity index (χ4v) is 2.59. The van der Waals surface area contributed by atoms with Crippen LogP contribution in [-0.4, -0.2) is 13.7 Å². The van der Waals surface area contributed by atoms with Crippen molar-refractivity contribution in [3.63, 3.8) is 0 Å². The molecule has 1 fully saturated rings. The van der Waals surface area contributed by atoms with Gasteiger partial charge < -0.3 is 9.47 Å². The van der Waals surface area contributed by atoms with Gasteiger partial charge in [0.05, 0.1) is 20.3 Å². The second kappa shape index (κ2) is 6.10. The highest BCUT2D eigenvalue weighted by Gasteiger charge is 2.38. The van der Waals surface area contributed by atoms with Crippen molar-refractivity contribution in [1.29, 1.82) is 0 Å². The van der Waals surface area contributed by atoms with Gasteiger partial charge in [-0.25, -0.2) is 0 Å². The highest BCUT2D eigenvalue weighted by atomic mass is 16.5. The second-order valence-corrected chi connectivity index (χ2v) is 5.38. The zero-order valence-corrected chi connectivity index (χ0v) is 11.8. The van der Waals surface area contributed by atoms with Crippen molar-refractivity contribution in [3.05, 3.63) is 65.7 Å². The average Bonchev–Trinajstić information content (AvgIpc) is 3.28. The Morgan fingerprint density at radius 2 is 1.75 bits per heavy atom. The Balaban J connectivity index is 1.45. The van der Waals surface area contributed by atoms with Crippen molar-refractivity contribution in [2.24, 2.45) is 5.92 Å². The third-order valence-electron chi connectivity index (χ3n) is 3.91.